The number of primary amides is 1. The van der Waals surface area contributed by atoms with Crippen molar-refractivity contribution in [3.8, 4) is 0 Å². The third kappa shape index (κ3) is 8.51. The Hall–Kier alpha value is -2.64. The normalized spacial score (nSPS) is 16.3. The molecule has 194 valence electrons. The van der Waals surface area contributed by atoms with Crippen molar-refractivity contribution in [2.75, 3.05) is 25.1 Å². The molecule has 35 heavy (non-hydrogen) atoms. The van der Waals surface area contributed by atoms with E-state index in [0.717, 1.165) is 5.56 Å². The van der Waals surface area contributed by atoms with Gasteiger partial charge in [-0.15, -0.1) is 0 Å². The number of aryl methyl sites for hydroxylation is 1. The van der Waals surface area contributed by atoms with Crippen LogP contribution in [0.3, 0.4) is 0 Å². The molecule has 3 amide bonds. The maximum Gasteiger partial charge on any atom is 0.326 e. The maximum atomic E-state index is 13.2. The SMILES string of the molecule is CSCCC(NS(=O)(=O)c1ccc(C)cc1)C(=O)N1CCC(C(=O)NC(CC(N)=O)C(=O)O)CC1. The lowest BCUT2D eigenvalue weighted by molar-refractivity contribution is -0.144. The molecule has 1 aromatic rings. The van der Waals surface area contributed by atoms with Crippen molar-refractivity contribution in [3.63, 3.8) is 0 Å². The number of benzene rings is 1. The number of amides is 3. The van der Waals surface area contributed by atoms with Crippen LogP contribution in [0, 0.1) is 12.8 Å². The molecule has 1 aliphatic heterocycles. The summed E-state index contributed by atoms with van der Waals surface area (Å²) in [5.41, 5.74) is 5.95. The number of thioether (sulfide) groups is 1. The Labute approximate surface area is 209 Å². The number of hydrogen-bond donors (Lipinski definition) is 4. The highest BCUT2D eigenvalue weighted by atomic mass is 32.2. The average molecular weight is 529 g/mol. The Morgan fingerprint density at radius 1 is 1.14 bits per heavy atom. The van der Waals surface area contributed by atoms with Gasteiger partial charge in [0, 0.05) is 19.0 Å². The van der Waals surface area contributed by atoms with Crippen molar-refractivity contribution >= 4 is 45.5 Å². The molecule has 0 saturated carbocycles. The summed E-state index contributed by atoms with van der Waals surface area (Å²) in [6, 6.07) is 3.97. The van der Waals surface area contributed by atoms with Gasteiger partial charge in [-0.2, -0.15) is 16.5 Å². The molecule has 11 nitrogen and oxygen atoms in total. The van der Waals surface area contributed by atoms with Crippen LogP contribution in [0.15, 0.2) is 29.2 Å². The van der Waals surface area contributed by atoms with E-state index in [1.807, 2.05) is 13.2 Å². The summed E-state index contributed by atoms with van der Waals surface area (Å²) < 4.78 is 28.2. The molecule has 2 rings (SSSR count). The molecular weight excluding hydrogens is 496 g/mol. The zero-order valence-corrected chi connectivity index (χ0v) is 21.4. The summed E-state index contributed by atoms with van der Waals surface area (Å²) in [5, 5.41) is 11.5. The van der Waals surface area contributed by atoms with Crippen LogP contribution >= 0.6 is 11.8 Å². The smallest absolute Gasteiger partial charge is 0.326 e. The molecule has 1 saturated heterocycles. The number of likely N-dealkylation sites (tertiary alicyclic amines) is 1. The summed E-state index contributed by atoms with van der Waals surface area (Å²) in [6.45, 7) is 2.27. The number of hydrogen-bond acceptors (Lipinski definition) is 7. The van der Waals surface area contributed by atoms with Gasteiger partial charge in [0.25, 0.3) is 0 Å². The molecule has 2 atom stereocenters. The van der Waals surface area contributed by atoms with Crippen molar-refractivity contribution in [1.82, 2.24) is 14.9 Å². The van der Waals surface area contributed by atoms with E-state index in [1.54, 1.807) is 12.1 Å². The number of carbonyl (C=O) groups excluding carboxylic acids is 3. The Kier molecular flexibility index (Phi) is 10.5. The van der Waals surface area contributed by atoms with Crippen LogP contribution in [-0.2, 0) is 29.2 Å². The average Bonchev–Trinajstić information content (AvgIpc) is 2.80. The van der Waals surface area contributed by atoms with E-state index >= 15 is 0 Å². The van der Waals surface area contributed by atoms with Gasteiger partial charge in [0.2, 0.25) is 27.7 Å². The second-order valence-electron chi connectivity index (χ2n) is 8.44. The van der Waals surface area contributed by atoms with Crippen LogP contribution in [0.25, 0.3) is 0 Å². The second kappa shape index (κ2) is 12.9. The van der Waals surface area contributed by atoms with Crippen molar-refractivity contribution in [1.29, 1.82) is 0 Å². The molecule has 2 unspecified atom stereocenters. The zero-order chi connectivity index (χ0) is 26.2. The number of nitrogens with two attached hydrogens (primary N) is 1. The van der Waals surface area contributed by atoms with E-state index in [1.165, 1.54) is 28.8 Å². The predicted molar refractivity (Wildman–Crippen MR) is 131 cm³/mol. The monoisotopic (exact) mass is 528 g/mol. The lowest BCUT2D eigenvalue weighted by Crippen LogP contribution is -2.52. The fourth-order valence-corrected chi connectivity index (χ4v) is 5.41. The van der Waals surface area contributed by atoms with Gasteiger partial charge in [0.1, 0.15) is 12.1 Å². The van der Waals surface area contributed by atoms with E-state index in [0.29, 0.717) is 12.2 Å². The van der Waals surface area contributed by atoms with Crippen LogP contribution in [0.2, 0.25) is 0 Å². The molecule has 13 heteroatoms. The third-order valence-electron chi connectivity index (χ3n) is 5.73. The number of nitrogens with zero attached hydrogens (tertiary/aromatic N) is 1. The molecule has 1 aromatic carbocycles. The number of rotatable bonds is 12. The maximum absolute atomic E-state index is 13.2. The minimum atomic E-state index is -3.91. The Balaban J connectivity index is 2.02. The van der Waals surface area contributed by atoms with Gasteiger partial charge in [-0.05, 0) is 50.3 Å². The first-order valence-corrected chi connectivity index (χ1v) is 14.0. The van der Waals surface area contributed by atoms with Gasteiger partial charge in [-0.25, -0.2) is 13.2 Å². The third-order valence-corrected chi connectivity index (χ3v) is 7.87. The molecule has 0 bridgehead atoms. The van der Waals surface area contributed by atoms with E-state index in [4.69, 9.17) is 5.73 Å². The number of nitrogens with one attached hydrogen (secondary N) is 2. The Morgan fingerprint density at radius 3 is 2.26 bits per heavy atom. The highest BCUT2D eigenvalue weighted by Gasteiger charge is 2.34. The largest absolute Gasteiger partial charge is 0.480 e. The molecule has 0 aliphatic carbocycles. The standard InChI is InChI=1S/C22H32N4O7S2/c1-14-3-5-16(6-4-14)35(32,33)25-17(9-12-34-2)21(29)26-10-7-15(8-11-26)20(28)24-18(22(30)31)13-19(23)27/h3-6,15,17-18,25H,7-13H2,1-2H3,(H2,23,27)(H,24,28)(H,30,31). The number of carbonyl (C=O) groups is 4. The quantitative estimate of drug-likeness (QED) is 0.295. The first-order chi connectivity index (χ1) is 16.4. The first kappa shape index (κ1) is 28.6. The molecule has 5 N–H and O–H groups in total. The Morgan fingerprint density at radius 2 is 1.74 bits per heavy atom. The molecule has 0 aromatic heterocycles. The predicted octanol–water partition coefficient (Wildman–Crippen LogP) is 0.0784. The van der Waals surface area contributed by atoms with Gasteiger partial charge < -0.3 is 21.1 Å². The minimum Gasteiger partial charge on any atom is -0.480 e. The minimum absolute atomic E-state index is 0.0735. The first-order valence-electron chi connectivity index (χ1n) is 11.1. The van der Waals surface area contributed by atoms with Gasteiger partial charge >= 0.3 is 5.97 Å². The molecule has 0 radical (unpaired) electrons. The van der Waals surface area contributed by atoms with Crippen LogP contribution in [0.5, 0.6) is 0 Å². The zero-order valence-electron chi connectivity index (χ0n) is 19.7. The fraction of sp³-hybridized carbons (Fsp3) is 0.545. The van der Waals surface area contributed by atoms with Gasteiger partial charge in [0.15, 0.2) is 0 Å². The van der Waals surface area contributed by atoms with Crippen molar-refractivity contribution < 1.29 is 32.7 Å². The highest BCUT2D eigenvalue weighted by molar-refractivity contribution is 7.98. The summed E-state index contributed by atoms with van der Waals surface area (Å²) >= 11 is 1.49. The van der Waals surface area contributed by atoms with Gasteiger partial charge in [-0.3, -0.25) is 14.4 Å². The summed E-state index contributed by atoms with van der Waals surface area (Å²) in [6.07, 6.45) is 2.21. The molecular formula is C22H32N4O7S2. The topological polar surface area (TPSA) is 176 Å². The molecule has 1 heterocycles. The lowest BCUT2D eigenvalue weighted by Gasteiger charge is -2.34. The molecule has 0 spiro atoms. The number of carboxylic acid groups (broad SMARTS) is 1. The number of carboxylic acids is 1. The van der Waals surface area contributed by atoms with E-state index < -0.39 is 52.2 Å². The van der Waals surface area contributed by atoms with E-state index in [9.17, 15) is 32.7 Å². The number of aliphatic carboxylic acids is 1. The summed E-state index contributed by atoms with van der Waals surface area (Å²) in [4.78, 5) is 49.6. The van der Waals surface area contributed by atoms with Crippen molar-refractivity contribution in [3.05, 3.63) is 29.8 Å². The molecule has 1 fully saturated rings. The second-order valence-corrected chi connectivity index (χ2v) is 11.1. The number of sulfonamides is 1. The van der Waals surface area contributed by atoms with Crippen molar-refractivity contribution in [2.45, 2.75) is 49.6 Å². The van der Waals surface area contributed by atoms with E-state index in [-0.39, 0.29) is 36.7 Å². The summed E-state index contributed by atoms with van der Waals surface area (Å²) in [5.74, 6) is -3.06. The van der Waals surface area contributed by atoms with Crippen LogP contribution in [0.1, 0.15) is 31.2 Å². The highest BCUT2D eigenvalue weighted by Crippen LogP contribution is 2.20. The lowest BCUT2D eigenvalue weighted by atomic mass is 9.94. The van der Waals surface area contributed by atoms with Crippen molar-refractivity contribution in [2.24, 2.45) is 11.7 Å². The van der Waals surface area contributed by atoms with Crippen LogP contribution in [0.4, 0.5) is 0 Å². The summed E-state index contributed by atoms with van der Waals surface area (Å²) in [7, 11) is -3.91. The van der Waals surface area contributed by atoms with Crippen LogP contribution < -0.4 is 15.8 Å². The van der Waals surface area contributed by atoms with Gasteiger partial charge in [0.05, 0.1) is 11.3 Å². The van der Waals surface area contributed by atoms with E-state index in [2.05, 4.69) is 10.0 Å². The fourth-order valence-electron chi connectivity index (χ4n) is 3.71. The van der Waals surface area contributed by atoms with Gasteiger partial charge in [-0.1, -0.05) is 17.7 Å². The number of piperidine rings is 1. The van der Waals surface area contributed by atoms with Crippen LogP contribution in [-0.4, -0.2) is 79.3 Å². The Bertz CT molecular complexity index is 1020. The molecule has 1 aliphatic rings.